The van der Waals surface area contributed by atoms with E-state index in [1.165, 1.54) is 0 Å². The van der Waals surface area contributed by atoms with Crippen molar-refractivity contribution in [1.82, 2.24) is 19.9 Å². The van der Waals surface area contributed by atoms with Crippen molar-refractivity contribution in [3.8, 4) is 11.1 Å². The fourth-order valence-electron chi connectivity index (χ4n) is 3.08. The Morgan fingerprint density at radius 1 is 0.958 bits per heavy atom. The number of pyridine rings is 1. The third-order valence-electron chi connectivity index (χ3n) is 4.48. The first kappa shape index (κ1) is 14.8. The predicted molar refractivity (Wildman–Crippen MR) is 96.9 cm³/mol. The summed E-state index contributed by atoms with van der Waals surface area (Å²) in [6, 6.07) is 7.94. The molecule has 0 saturated carbocycles. The maximum absolute atomic E-state index is 6.02. The van der Waals surface area contributed by atoms with Crippen LogP contribution in [0.5, 0.6) is 0 Å². The van der Waals surface area contributed by atoms with E-state index in [1.54, 1.807) is 12.4 Å². The van der Waals surface area contributed by atoms with Gasteiger partial charge in [0.25, 0.3) is 0 Å². The van der Waals surface area contributed by atoms with Crippen LogP contribution in [0.15, 0.2) is 42.9 Å². The molecule has 0 aliphatic carbocycles. The lowest BCUT2D eigenvalue weighted by Gasteiger charge is -2.33. The molecule has 1 fully saturated rings. The van der Waals surface area contributed by atoms with Crippen LogP contribution in [0, 0.1) is 0 Å². The molecule has 1 aromatic carbocycles. The molecule has 0 amide bonds. The molecule has 3 heterocycles. The van der Waals surface area contributed by atoms with Gasteiger partial charge in [0.2, 0.25) is 0 Å². The molecule has 1 aliphatic heterocycles. The number of likely N-dealkylation sites (N-methyl/N-ethyl adjacent to an activating group) is 1. The quantitative estimate of drug-likeness (QED) is 0.729. The number of hydrogen-bond acceptors (Lipinski definition) is 6. The van der Waals surface area contributed by atoms with Crippen LogP contribution in [-0.4, -0.2) is 53.1 Å². The normalized spacial score (nSPS) is 15.8. The summed E-state index contributed by atoms with van der Waals surface area (Å²) in [6.07, 6.45) is 5.28. The van der Waals surface area contributed by atoms with E-state index in [2.05, 4.69) is 43.9 Å². The zero-order valence-electron chi connectivity index (χ0n) is 13.7. The van der Waals surface area contributed by atoms with Crippen molar-refractivity contribution in [2.45, 2.75) is 0 Å². The molecule has 1 saturated heterocycles. The van der Waals surface area contributed by atoms with Crippen molar-refractivity contribution >= 4 is 22.5 Å². The number of rotatable bonds is 2. The molecule has 1 aliphatic rings. The molecule has 3 aromatic rings. The van der Waals surface area contributed by atoms with Crippen LogP contribution >= 0.6 is 0 Å². The highest BCUT2D eigenvalue weighted by Gasteiger charge is 2.15. The number of hydrogen-bond donors (Lipinski definition) is 1. The SMILES string of the molecule is CN1CCN(c2ccc(-c3cc(N)cc4nccnc34)cn2)CC1. The number of anilines is 2. The Kier molecular flexibility index (Phi) is 3.74. The number of nitrogens with zero attached hydrogens (tertiary/aromatic N) is 5. The Balaban J connectivity index is 1.68. The van der Waals surface area contributed by atoms with Crippen molar-refractivity contribution in [3.63, 3.8) is 0 Å². The Hall–Kier alpha value is -2.73. The molecular formula is C18H20N6. The van der Waals surface area contributed by atoms with Gasteiger partial charge in [0.15, 0.2) is 0 Å². The standard InChI is InChI=1S/C18H20N6/c1-23-6-8-24(9-7-23)17-3-2-13(12-22-17)15-10-14(19)11-16-18(15)21-5-4-20-16/h2-5,10-12H,6-9,19H2,1H3. The minimum Gasteiger partial charge on any atom is -0.399 e. The van der Waals surface area contributed by atoms with E-state index in [4.69, 9.17) is 5.73 Å². The van der Waals surface area contributed by atoms with Gasteiger partial charge in [-0.15, -0.1) is 0 Å². The lowest BCUT2D eigenvalue weighted by Crippen LogP contribution is -2.44. The summed E-state index contributed by atoms with van der Waals surface area (Å²) in [5.74, 6) is 1.02. The summed E-state index contributed by atoms with van der Waals surface area (Å²) in [7, 11) is 2.15. The molecule has 4 rings (SSSR count). The van der Waals surface area contributed by atoms with Gasteiger partial charge < -0.3 is 15.5 Å². The van der Waals surface area contributed by atoms with Gasteiger partial charge in [0.1, 0.15) is 5.82 Å². The second-order valence-corrected chi connectivity index (χ2v) is 6.19. The lowest BCUT2D eigenvalue weighted by atomic mass is 10.0. The molecule has 0 unspecified atom stereocenters. The number of fused-ring (bicyclic) bond motifs is 1. The van der Waals surface area contributed by atoms with Crippen molar-refractivity contribution in [2.75, 3.05) is 43.9 Å². The number of nitrogens with two attached hydrogens (primary N) is 1. The van der Waals surface area contributed by atoms with Crippen molar-refractivity contribution in [1.29, 1.82) is 0 Å². The van der Waals surface area contributed by atoms with Crippen molar-refractivity contribution in [2.24, 2.45) is 0 Å². The zero-order valence-corrected chi connectivity index (χ0v) is 13.7. The summed E-state index contributed by atoms with van der Waals surface area (Å²) in [5.41, 5.74) is 10.3. The first-order valence-corrected chi connectivity index (χ1v) is 8.11. The van der Waals surface area contributed by atoms with Gasteiger partial charge in [-0.3, -0.25) is 9.97 Å². The Labute approximate surface area is 141 Å². The topological polar surface area (TPSA) is 71.2 Å². The Bertz CT molecular complexity index is 853. The van der Waals surface area contributed by atoms with E-state index in [-0.39, 0.29) is 0 Å². The first-order chi connectivity index (χ1) is 11.7. The molecule has 0 atom stereocenters. The van der Waals surface area contributed by atoms with E-state index in [1.807, 2.05) is 18.3 Å². The molecule has 24 heavy (non-hydrogen) atoms. The predicted octanol–water partition coefficient (Wildman–Crippen LogP) is 2.03. The third-order valence-corrected chi connectivity index (χ3v) is 4.48. The van der Waals surface area contributed by atoms with Crippen LogP contribution < -0.4 is 10.6 Å². The highest BCUT2D eigenvalue weighted by atomic mass is 15.3. The summed E-state index contributed by atoms with van der Waals surface area (Å²) in [6.45, 7) is 4.16. The maximum Gasteiger partial charge on any atom is 0.128 e. The fourth-order valence-corrected chi connectivity index (χ4v) is 3.08. The van der Waals surface area contributed by atoms with Gasteiger partial charge in [-0.2, -0.15) is 0 Å². The largest absolute Gasteiger partial charge is 0.399 e. The van der Waals surface area contributed by atoms with Crippen LogP contribution in [0.3, 0.4) is 0 Å². The molecule has 0 bridgehead atoms. The second-order valence-electron chi connectivity index (χ2n) is 6.19. The smallest absolute Gasteiger partial charge is 0.128 e. The molecule has 0 spiro atoms. The van der Waals surface area contributed by atoms with Gasteiger partial charge in [-0.1, -0.05) is 0 Å². The number of benzene rings is 1. The summed E-state index contributed by atoms with van der Waals surface area (Å²) >= 11 is 0. The first-order valence-electron chi connectivity index (χ1n) is 8.11. The van der Waals surface area contributed by atoms with Gasteiger partial charge in [-0.25, -0.2) is 4.98 Å². The molecule has 122 valence electrons. The van der Waals surface area contributed by atoms with E-state index >= 15 is 0 Å². The van der Waals surface area contributed by atoms with Gasteiger partial charge >= 0.3 is 0 Å². The minimum absolute atomic E-state index is 0.682. The monoisotopic (exact) mass is 320 g/mol. The van der Waals surface area contributed by atoms with Gasteiger partial charge in [-0.05, 0) is 31.3 Å². The number of nitrogen functional groups attached to an aromatic ring is 1. The average molecular weight is 320 g/mol. The molecule has 2 aromatic heterocycles. The summed E-state index contributed by atoms with van der Waals surface area (Å²) < 4.78 is 0. The summed E-state index contributed by atoms with van der Waals surface area (Å²) in [5, 5.41) is 0. The highest BCUT2D eigenvalue weighted by Crippen LogP contribution is 2.29. The van der Waals surface area contributed by atoms with Crippen molar-refractivity contribution in [3.05, 3.63) is 42.9 Å². The third kappa shape index (κ3) is 2.76. The molecule has 0 radical (unpaired) electrons. The molecular weight excluding hydrogens is 300 g/mol. The highest BCUT2D eigenvalue weighted by molar-refractivity contribution is 5.94. The van der Waals surface area contributed by atoms with E-state index < -0.39 is 0 Å². The maximum atomic E-state index is 6.02. The lowest BCUT2D eigenvalue weighted by molar-refractivity contribution is 0.312. The Morgan fingerprint density at radius 2 is 1.75 bits per heavy atom. The van der Waals surface area contributed by atoms with Gasteiger partial charge in [0.05, 0.1) is 11.0 Å². The van der Waals surface area contributed by atoms with E-state index in [0.29, 0.717) is 5.69 Å². The number of piperazine rings is 1. The minimum atomic E-state index is 0.682. The second kappa shape index (κ2) is 6.05. The van der Waals surface area contributed by atoms with Crippen LogP contribution in [0.25, 0.3) is 22.2 Å². The molecule has 6 heteroatoms. The van der Waals surface area contributed by atoms with E-state index in [0.717, 1.165) is 54.2 Å². The summed E-state index contributed by atoms with van der Waals surface area (Å²) in [4.78, 5) is 18.1. The number of aromatic nitrogens is 3. The van der Waals surface area contributed by atoms with Crippen LogP contribution in [0.4, 0.5) is 11.5 Å². The fraction of sp³-hybridized carbons (Fsp3) is 0.278. The molecule has 6 nitrogen and oxygen atoms in total. The van der Waals surface area contributed by atoms with Crippen LogP contribution in [0.2, 0.25) is 0 Å². The Morgan fingerprint density at radius 3 is 2.50 bits per heavy atom. The van der Waals surface area contributed by atoms with Crippen molar-refractivity contribution < 1.29 is 0 Å². The molecule has 2 N–H and O–H groups in total. The average Bonchev–Trinajstić information content (AvgIpc) is 2.62. The van der Waals surface area contributed by atoms with Crippen LogP contribution in [-0.2, 0) is 0 Å². The van der Waals surface area contributed by atoms with Gasteiger partial charge in [0, 0.05) is 61.6 Å². The van der Waals surface area contributed by atoms with E-state index in [9.17, 15) is 0 Å². The zero-order chi connectivity index (χ0) is 16.5. The van der Waals surface area contributed by atoms with Crippen LogP contribution in [0.1, 0.15) is 0 Å².